The van der Waals surface area contributed by atoms with Gasteiger partial charge >= 0.3 is 0 Å². The highest BCUT2D eigenvalue weighted by atomic mass is 35.5. The van der Waals surface area contributed by atoms with Gasteiger partial charge in [0.15, 0.2) is 0 Å². The van der Waals surface area contributed by atoms with E-state index < -0.39 is 0 Å². The minimum Gasteiger partial charge on any atom is -0.324 e. The van der Waals surface area contributed by atoms with Crippen molar-refractivity contribution in [2.75, 3.05) is 11.1 Å². The van der Waals surface area contributed by atoms with E-state index in [1.165, 1.54) is 11.8 Å². The van der Waals surface area contributed by atoms with Crippen LogP contribution in [0.3, 0.4) is 0 Å². The molecule has 5 heteroatoms. The highest BCUT2D eigenvalue weighted by Gasteiger charge is 2.08. The third kappa shape index (κ3) is 4.16. The summed E-state index contributed by atoms with van der Waals surface area (Å²) in [6, 6.07) is 14.9. The van der Waals surface area contributed by atoms with Crippen LogP contribution in [0.15, 0.2) is 53.4 Å². The first kappa shape index (κ1) is 14.3. The van der Waals surface area contributed by atoms with Crippen LogP contribution in [-0.4, -0.2) is 11.7 Å². The highest BCUT2D eigenvalue weighted by molar-refractivity contribution is 8.00. The Kier molecular flexibility index (Phi) is 5.14. The summed E-state index contributed by atoms with van der Waals surface area (Å²) in [4.78, 5) is 12.9. The summed E-state index contributed by atoms with van der Waals surface area (Å²) in [5.74, 6) is 0.213. The Bertz CT molecular complexity index is 575. The van der Waals surface area contributed by atoms with Crippen molar-refractivity contribution in [3.05, 3.63) is 58.6 Å². The summed E-state index contributed by atoms with van der Waals surface area (Å²) in [5, 5.41) is 3.53. The number of rotatable bonds is 4. The standard InChI is InChI=1S/C14H11Cl2NOS/c15-11-7-4-8-12(14(11)16)17-13(18)9-19-10-5-2-1-3-6-10/h1-8H,9H2,(H,17,18). The normalized spacial score (nSPS) is 10.2. The number of halogens is 2. The van der Waals surface area contributed by atoms with Crippen molar-refractivity contribution in [2.45, 2.75) is 4.90 Å². The maximum atomic E-state index is 11.8. The van der Waals surface area contributed by atoms with Crippen molar-refractivity contribution in [1.82, 2.24) is 0 Å². The molecule has 0 aliphatic rings. The maximum Gasteiger partial charge on any atom is 0.234 e. The predicted octanol–water partition coefficient (Wildman–Crippen LogP) is 4.72. The maximum absolute atomic E-state index is 11.8. The van der Waals surface area contributed by atoms with Crippen LogP contribution in [0.4, 0.5) is 5.69 Å². The average Bonchev–Trinajstić information content (AvgIpc) is 2.43. The lowest BCUT2D eigenvalue weighted by atomic mass is 10.3. The first-order valence-electron chi connectivity index (χ1n) is 5.58. The molecule has 0 spiro atoms. The molecule has 0 unspecified atom stereocenters. The summed E-state index contributed by atoms with van der Waals surface area (Å²) < 4.78 is 0. The summed E-state index contributed by atoms with van der Waals surface area (Å²) in [6.07, 6.45) is 0. The molecule has 0 atom stereocenters. The molecule has 98 valence electrons. The average molecular weight is 312 g/mol. The molecule has 0 saturated heterocycles. The molecule has 0 fully saturated rings. The fourth-order valence-electron chi connectivity index (χ4n) is 1.45. The van der Waals surface area contributed by atoms with E-state index in [0.717, 1.165) is 4.90 Å². The molecule has 19 heavy (non-hydrogen) atoms. The van der Waals surface area contributed by atoms with E-state index in [2.05, 4.69) is 5.32 Å². The van der Waals surface area contributed by atoms with E-state index in [1.54, 1.807) is 18.2 Å². The van der Waals surface area contributed by atoms with Gasteiger partial charge in [-0.25, -0.2) is 0 Å². The molecule has 2 aromatic carbocycles. The van der Waals surface area contributed by atoms with Crippen LogP contribution in [0, 0.1) is 0 Å². The minimum absolute atomic E-state index is 0.113. The molecule has 2 aromatic rings. The van der Waals surface area contributed by atoms with E-state index in [4.69, 9.17) is 23.2 Å². The second-order valence-corrected chi connectivity index (χ2v) is 5.59. The molecule has 0 heterocycles. The molecular formula is C14H11Cl2NOS. The third-order valence-corrected chi connectivity index (χ3v) is 4.17. The first-order chi connectivity index (χ1) is 9.16. The Labute approximate surface area is 126 Å². The molecule has 1 amide bonds. The van der Waals surface area contributed by atoms with Gasteiger partial charge in [0, 0.05) is 4.90 Å². The summed E-state index contributed by atoms with van der Waals surface area (Å²) in [5.41, 5.74) is 0.535. The van der Waals surface area contributed by atoms with Gasteiger partial charge in [-0.2, -0.15) is 0 Å². The van der Waals surface area contributed by atoms with Crippen LogP contribution in [0.1, 0.15) is 0 Å². The molecule has 1 N–H and O–H groups in total. The van der Waals surface area contributed by atoms with E-state index in [9.17, 15) is 4.79 Å². The number of thioether (sulfide) groups is 1. The van der Waals surface area contributed by atoms with Crippen molar-refractivity contribution in [2.24, 2.45) is 0 Å². The van der Waals surface area contributed by atoms with Crippen molar-refractivity contribution >= 4 is 46.6 Å². The van der Waals surface area contributed by atoms with Crippen LogP contribution in [0.2, 0.25) is 10.0 Å². The van der Waals surface area contributed by atoms with Gasteiger partial charge < -0.3 is 5.32 Å². The lowest BCUT2D eigenvalue weighted by Gasteiger charge is -2.08. The SMILES string of the molecule is O=C(CSc1ccccc1)Nc1cccc(Cl)c1Cl. The molecule has 0 bridgehead atoms. The molecular weight excluding hydrogens is 301 g/mol. The van der Waals surface area contributed by atoms with Gasteiger partial charge in [-0.3, -0.25) is 4.79 Å². The highest BCUT2D eigenvalue weighted by Crippen LogP contribution is 2.29. The number of amides is 1. The van der Waals surface area contributed by atoms with Crippen LogP contribution < -0.4 is 5.32 Å². The predicted molar refractivity (Wildman–Crippen MR) is 82.3 cm³/mol. The summed E-state index contributed by atoms with van der Waals surface area (Å²) >= 11 is 13.4. The topological polar surface area (TPSA) is 29.1 Å². The summed E-state index contributed by atoms with van der Waals surface area (Å²) in [6.45, 7) is 0. The van der Waals surface area contributed by atoms with Crippen molar-refractivity contribution in [3.63, 3.8) is 0 Å². The number of hydrogen-bond donors (Lipinski definition) is 1. The Morgan fingerprint density at radius 2 is 1.79 bits per heavy atom. The lowest BCUT2D eigenvalue weighted by molar-refractivity contribution is -0.113. The quantitative estimate of drug-likeness (QED) is 0.827. The van der Waals surface area contributed by atoms with Gasteiger partial charge in [0.25, 0.3) is 0 Å². The molecule has 0 radical (unpaired) electrons. The van der Waals surface area contributed by atoms with Gasteiger partial charge in [-0.1, -0.05) is 47.5 Å². The molecule has 0 saturated carbocycles. The lowest BCUT2D eigenvalue weighted by Crippen LogP contribution is -2.14. The van der Waals surface area contributed by atoms with Crippen molar-refractivity contribution in [3.8, 4) is 0 Å². The first-order valence-corrected chi connectivity index (χ1v) is 7.32. The third-order valence-electron chi connectivity index (χ3n) is 2.34. The van der Waals surface area contributed by atoms with Gasteiger partial charge in [0.1, 0.15) is 0 Å². The number of nitrogens with one attached hydrogen (secondary N) is 1. The molecule has 0 aliphatic heterocycles. The minimum atomic E-state index is -0.113. The van der Waals surface area contributed by atoms with E-state index in [0.29, 0.717) is 21.5 Å². The van der Waals surface area contributed by atoms with Gasteiger partial charge in [0.05, 0.1) is 21.5 Å². The van der Waals surface area contributed by atoms with E-state index in [1.807, 2.05) is 30.3 Å². The van der Waals surface area contributed by atoms with E-state index >= 15 is 0 Å². The zero-order valence-electron chi connectivity index (χ0n) is 9.90. The summed E-state index contributed by atoms with van der Waals surface area (Å²) in [7, 11) is 0. The van der Waals surface area contributed by atoms with Gasteiger partial charge in [-0.15, -0.1) is 11.8 Å². The number of hydrogen-bond acceptors (Lipinski definition) is 2. The van der Waals surface area contributed by atoms with Crippen LogP contribution >= 0.6 is 35.0 Å². The number of benzene rings is 2. The fraction of sp³-hybridized carbons (Fsp3) is 0.0714. The Balaban J connectivity index is 1.93. The van der Waals surface area contributed by atoms with Crippen LogP contribution in [0.25, 0.3) is 0 Å². The molecule has 2 nitrogen and oxygen atoms in total. The van der Waals surface area contributed by atoms with Crippen molar-refractivity contribution < 1.29 is 4.79 Å². The Morgan fingerprint density at radius 1 is 1.05 bits per heavy atom. The smallest absolute Gasteiger partial charge is 0.234 e. The van der Waals surface area contributed by atoms with Crippen LogP contribution in [-0.2, 0) is 4.79 Å². The Hall–Kier alpha value is -1.16. The van der Waals surface area contributed by atoms with Gasteiger partial charge in [-0.05, 0) is 24.3 Å². The number of carbonyl (C=O) groups excluding carboxylic acids is 1. The molecule has 2 rings (SSSR count). The van der Waals surface area contributed by atoms with E-state index in [-0.39, 0.29) is 5.91 Å². The zero-order chi connectivity index (χ0) is 13.7. The van der Waals surface area contributed by atoms with Crippen molar-refractivity contribution in [1.29, 1.82) is 0 Å². The Morgan fingerprint density at radius 3 is 2.53 bits per heavy atom. The largest absolute Gasteiger partial charge is 0.324 e. The fourth-order valence-corrected chi connectivity index (χ4v) is 2.52. The zero-order valence-corrected chi connectivity index (χ0v) is 12.2. The second-order valence-electron chi connectivity index (χ2n) is 3.75. The second kappa shape index (κ2) is 6.85. The monoisotopic (exact) mass is 311 g/mol. The number of anilines is 1. The van der Waals surface area contributed by atoms with Gasteiger partial charge in [0.2, 0.25) is 5.91 Å². The number of carbonyl (C=O) groups is 1. The van der Waals surface area contributed by atoms with Crippen LogP contribution in [0.5, 0.6) is 0 Å². The molecule has 0 aliphatic carbocycles. The molecule has 0 aromatic heterocycles.